The average Bonchev–Trinajstić information content (AvgIpc) is 3.05. The second-order valence-corrected chi connectivity index (χ2v) is 12.2. The number of ether oxygens (including phenoxy) is 2. The van der Waals surface area contributed by atoms with E-state index in [2.05, 4.69) is 12.2 Å². The lowest BCUT2D eigenvalue weighted by atomic mass is 10.0. The van der Waals surface area contributed by atoms with Crippen molar-refractivity contribution in [2.24, 2.45) is 0 Å². The molecule has 4 rings (SSSR count). The highest BCUT2D eigenvalue weighted by atomic mass is 32.2. The SMILES string of the molecule is CCCCNc1cc(C(=O)OC(c2ccccc2)c2ccccc2)cc(S(=O)(=O)N(C)OCCCC)c1Oc1ccccc1. The number of unbranched alkanes of at least 4 members (excludes halogenated alkanes) is 2. The van der Waals surface area contributed by atoms with Gasteiger partial charge in [-0.15, -0.1) is 0 Å². The fourth-order valence-corrected chi connectivity index (χ4v) is 5.61. The van der Waals surface area contributed by atoms with Crippen LogP contribution in [0, 0.1) is 0 Å². The third kappa shape index (κ3) is 8.47. The number of carbonyl (C=O) groups is 1. The van der Waals surface area contributed by atoms with Gasteiger partial charge in [0.25, 0.3) is 10.0 Å². The molecule has 0 saturated carbocycles. The summed E-state index contributed by atoms with van der Waals surface area (Å²) in [6.07, 6.45) is 2.56. The highest BCUT2D eigenvalue weighted by Crippen LogP contribution is 2.39. The molecule has 0 fully saturated rings. The van der Waals surface area contributed by atoms with E-state index >= 15 is 0 Å². The third-order valence-electron chi connectivity index (χ3n) is 6.92. The molecule has 44 heavy (non-hydrogen) atoms. The van der Waals surface area contributed by atoms with Crippen LogP contribution >= 0.6 is 0 Å². The van der Waals surface area contributed by atoms with E-state index in [9.17, 15) is 13.2 Å². The number of hydrogen-bond donors (Lipinski definition) is 1. The summed E-state index contributed by atoms with van der Waals surface area (Å²) in [5.74, 6) is -0.170. The molecule has 0 spiro atoms. The van der Waals surface area contributed by atoms with Gasteiger partial charge in [0.05, 0.1) is 17.9 Å². The second kappa shape index (κ2) is 16.0. The van der Waals surface area contributed by atoms with Crippen molar-refractivity contribution in [1.29, 1.82) is 0 Å². The molecule has 4 aromatic rings. The molecular formula is C35H40N2O6S. The third-order valence-corrected chi connectivity index (χ3v) is 8.56. The molecule has 0 atom stereocenters. The van der Waals surface area contributed by atoms with E-state index in [0.29, 0.717) is 24.4 Å². The molecule has 0 heterocycles. The van der Waals surface area contributed by atoms with Crippen molar-refractivity contribution < 1.29 is 27.5 Å². The van der Waals surface area contributed by atoms with E-state index in [4.69, 9.17) is 14.3 Å². The van der Waals surface area contributed by atoms with Gasteiger partial charge in [-0.3, -0.25) is 4.84 Å². The van der Waals surface area contributed by atoms with E-state index in [1.54, 1.807) is 30.3 Å². The Kier molecular flexibility index (Phi) is 11.9. The van der Waals surface area contributed by atoms with Crippen molar-refractivity contribution in [3.8, 4) is 11.5 Å². The molecule has 0 radical (unpaired) electrons. The van der Waals surface area contributed by atoms with Crippen molar-refractivity contribution in [2.45, 2.75) is 50.5 Å². The summed E-state index contributed by atoms with van der Waals surface area (Å²) in [5.41, 5.74) is 1.98. The van der Waals surface area contributed by atoms with Crippen molar-refractivity contribution in [3.63, 3.8) is 0 Å². The Morgan fingerprint density at radius 2 is 1.39 bits per heavy atom. The first-order valence-electron chi connectivity index (χ1n) is 14.9. The normalized spacial score (nSPS) is 11.5. The lowest BCUT2D eigenvalue weighted by molar-refractivity contribution is -0.0659. The maximum Gasteiger partial charge on any atom is 0.339 e. The number of benzene rings is 4. The Morgan fingerprint density at radius 3 is 1.95 bits per heavy atom. The van der Waals surface area contributed by atoms with Gasteiger partial charge in [0.1, 0.15) is 10.6 Å². The first kappa shape index (κ1) is 32.7. The summed E-state index contributed by atoms with van der Waals surface area (Å²) in [6.45, 7) is 4.81. The zero-order valence-corrected chi connectivity index (χ0v) is 26.3. The van der Waals surface area contributed by atoms with E-state index < -0.39 is 22.1 Å². The van der Waals surface area contributed by atoms with Crippen molar-refractivity contribution in [3.05, 3.63) is 120 Å². The maximum absolute atomic E-state index is 14.0. The molecule has 0 saturated heterocycles. The summed E-state index contributed by atoms with van der Waals surface area (Å²) in [4.78, 5) is 19.2. The van der Waals surface area contributed by atoms with Crippen LogP contribution in [0.4, 0.5) is 5.69 Å². The van der Waals surface area contributed by atoms with Crippen LogP contribution in [-0.4, -0.2) is 39.1 Å². The van der Waals surface area contributed by atoms with E-state index in [0.717, 1.165) is 34.9 Å². The number of hydrogen-bond acceptors (Lipinski definition) is 7. The molecule has 0 unspecified atom stereocenters. The van der Waals surface area contributed by atoms with Crippen LogP contribution in [0.25, 0.3) is 0 Å². The van der Waals surface area contributed by atoms with Crippen molar-refractivity contribution in [1.82, 2.24) is 4.47 Å². The number of carbonyl (C=O) groups excluding carboxylic acids is 1. The summed E-state index contributed by atoms with van der Waals surface area (Å²) < 4.78 is 41.2. The minimum Gasteiger partial charge on any atom is -0.454 e. The van der Waals surface area contributed by atoms with Crippen LogP contribution < -0.4 is 10.1 Å². The summed E-state index contributed by atoms with van der Waals surface area (Å²) in [6, 6.07) is 30.6. The molecule has 0 aliphatic rings. The fourth-order valence-electron chi connectivity index (χ4n) is 4.46. The van der Waals surface area contributed by atoms with Gasteiger partial charge in [0, 0.05) is 13.6 Å². The Bertz CT molecular complexity index is 1540. The predicted molar refractivity (Wildman–Crippen MR) is 172 cm³/mol. The first-order valence-corrected chi connectivity index (χ1v) is 16.4. The zero-order chi connectivity index (χ0) is 31.4. The van der Waals surface area contributed by atoms with Gasteiger partial charge in [-0.05, 0) is 48.2 Å². The summed E-state index contributed by atoms with van der Waals surface area (Å²) in [5, 5.41) is 3.29. The number of rotatable bonds is 16. The van der Waals surface area contributed by atoms with E-state index in [-0.39, 0.29) is 22.8 Å². The number of nitrogens with one attached hydrogen (secondary N) is 1. The second-order valence-electron chi connectivity index (χ2n) is 10.3. The number of anilines is 1. The van der Waals surface area contributed by atoms with Crippen LogP contribution in [0.5, 0.6) is 11.5 Å². The Hall–Kier alpha value is -4.18. The molecule has 0 aliphatic carbocycles. The molecule has 0 bridgehead atoms. The predicted octanol–water partition coefficient (Wildman–Crippen LogP) is 7.99. The molecule has 8 nitrogen and oxygen atoms in total. The Balaban J connectivity index is 1.82. The first-order chi connectivity index (χ1) is 21.3. The highest BCUT2D eigenvalue weighted by Gasteiger charge is 2.31. The molecule has 1 N–H and O–H groups in total. The zero-order valence-electron chi connectivity index (χ0n) is 25.4. The van der Waals surface area contributed by atoms with Crippen molar-refractivity contribution >= 4 is 21.7 Å². The fraction of sp³-hybridized carbons (Fsp3) is 0.286. The molecule has 4 aromatic carbocycles. The monoisotopic (exact) mass is 616 g/mol. The highest BCUT2D eigenvalue weighted by molar-refractivity contribution is 7.89. The van der Waals surface area contributed by atoms with Gasteiger partial charge < -0.3 is 14.8 Å². The largest absolute Gasteiger partial charge is 0.454 e. The van der Waals surface area contributed by atoms with Gasteiger partial charge in [0.2, 0.25) is 0 Å². The number of esters is 1. The summed E-state index contributed by atoms with van der Waals surface area (Å²) >= 11 is 0. The van der Waals surface area contributed by atoms with E-state index in [1.807, 2.05) is 73.7 Å². The lowest BCUT2D eigenvalue weighted by Crippen LogP contribution is -2.28. The van der Waals surface area contributed by atoms with Gasteiger partial charge in [0.15, 0.2) is 11.9 Å². The van der Waals surface area contributed by atoms with E-state index in [1.165, 1.54) is 13.1 Å². The minimum absolute atomic E-state index is 0.0572. The van der Waals surface area contributed by atoms with Gasteiger partial charge in [-0.1, -0.05) is 110 Å². The summed E-state index contributed by atoms with van der Waals surface area (Å²) in [7, 11) is -2.93. The molecule has 0 aliphatic heterocycles. The quantitative estimate of drug-likeness (QED) is 0.0775. The van der Waals surface area contributed by atoms with Gasteiger partial charge in [-0.25, -0.2) is 13.2 Å². The molecular weight excluding hydrogens is 576 g/mol. The molecule has 0 aromatic heterocycles. The number of sulfonamides is 1. The average molecular weight is 617 g/mol. The number of hydroxylamine groups is 1. The molecule has 0 amide bonds. The number of para-hydroxylation sites is 1. The minimum atomic E-state index is -4.27. The van der Waals surface area contributed by atoms with Crippen LogP contribution in [-0.2, 0) is 19.6 Å². The number of nitrogens with zero attached hydrogens (tertiary/aromatic N) is 1. The lowest BCUT2D eigenvalue weighted by Gasteiger charge is -2.23. The van der Waals surface area contributed by atoms with Crippen molar-refractivity contribution in [2.75, 3.05) is 25.5 Å². The van der Waals surface area contributed by atoms with Gasteiger partial charge >= 0.3 is 5.97 Å². The maximum atomic E-state index is 14.0. The van der Waals surface area contributed by atoms with Crippen LogP contribution in [0.1, 0.15) is 67.1 Å². The molecule has 232 valence electrons. The van der Waals surface area contributed by atoms with Gasteiger partial charge in [-0.2, -0.15) is 0 Å². The Morgan fingerprint density at radius 1 is 0.818 bits per heavy atom. The topological polar surface area (TPSA) is 94.2 Å². The Labute approximate surface area is 260 Å². The van der Waals surface area contributed by atoms with Crippen LogP contribution in [0.2, 0.25) is 0 Å². The van der Waals surface area contributed by atoms with Crippen LogP contribution in [0.3, 0.4) is 0 Å². The standard InChI is InChI=1S/C35H40N2O6S/c1-4-6-23-36-31-25-29(35(38)43-33(27-17-11-8-12-18-27)28-19-13-9-14-20-28)26-32(34(31)42-30-21-15-10-16-22-30)44(39,40)37(3)41-24-7-5-2/h8-22,25-26,33,36H,4-7,23-24H2,1-3H3. The smallest absolute Gasteiger partial charge is 0.339 e. The van der Waals surface area contributed by atoms with Crippen LogP contribution in [0.15, 0.2) is 108 Å². The molecule has 9 heteroatoms.